The molecule has 0 aromatic heterocycles. The molecule has 0 saturated carbocycles. The van der Waals surface area contributed by atoms with Gasteiger partial charge < -0.3 is 0 Å². The number of nitrogens with two attached hydrogens (primary N) is 1. The highest BCUT2D eigenvalue weighted by Gasteiger charge is 2.29. The molecular weight excluding hydrogens is 271 g/mol. The van der Waals surface area contributed by atoms with Crippen molar-refractivity contribution in [2.24, 2.45) is 5.84 Å². The van der Waals surface area contributed by atoms with E-state index in [1.165, 1.54) is 4.90 Å². The van der Waals surface area contributed by atoms with Crippen LogP contribution in [-0.2, 0) is 17.8 Å². The molecule has 1 aromatic carbocycles. The van der Waals surface area contributed by atoms with Crippen molar-refractivity contribution in [2.75, 3.05) is 13.1 Å². The van der Waals surface area contributed by atoms with Crippen LogP contribution < -0.4 is 11.3 Å². The Hall–Kier alpha value is -1.60. The third kappa shape index (κ3) is 6.03. The van der Waals surface area contributed by atoms with Crippen LogP contribution in [0, 0.1) is 0 Å². The molecule has 112 valence electrons. The number of hydrazine groups is 1. The number of rotatable bonds is 6. The first kappa shape index (κ1) is 16.5. The van der Waals surface area contributed by atoms with Gasteiger partial charge >= 0.3 is 6.18 Å². The van der Waals surface area contributed by atoms with E-state index in [0.717, 1.165) is 11.1 Å². The first-order chi connectivity index (χ1) is 9.34. The van der Waals surface area contributed by atoms with Gasteiger partial charge in [-0.25, -0.2) is 5.84 Å². The first-order valence-corrected chi connectivity index (χ1v) is 6.20. The van der Waals surface area contributed by atoms with Crippen LogP contribution in [0.4, 0.5) is 13.2 Å². The van der Waals surface area contributed by atoms with Crippen molar-refractivity contribution in [1.29, 1.82) is 0 Å². The van der Waals surface area contributed by atoms with Crippen molar-refractivity contribution in [3.63, 3.8) is 0 Å². The van der Waals surface area contributed by atoms with Crippen molar-refractivity contribution in [2.45, 2.75) is 26.1 Å². The SMILES string of the molecule is CCN(Cc1ccc(CC(=O)NN)cc1)CC(F)(F)F. The van der Waals surface area contributed by atoms with Gasteiger partial charge in [0.05, 0.1) is 13.0 Å². The Bertz CT molecular complexity index is 431. The summed E-state index contributed by atoms with van der Waals surface area (Å²) in [6.45, 7) is 1.29. The van der Waals surface area contributed by atoms with Crippen LogP contribution in [0.15, 0.2) is 24.3 Å². The molecule has 0 spiro atoms. The van der Waals surface area contributed by atoms with Crippen LogP contribution in [0.2, 0.25) is 0 Å². The average molecular weight is 289 g/mol. The number of nitrogens with zero attached hydrogens (tertiary/aromatic N) is 1. The minimum atomic E-state index is -4.20. The van der Waals surface area contributed by atoms with Crippen LogP contribution in [0.1, 0.15) is 18.1 Å². The molecule has 3 N–H and O–H groups in total. The lowest BCUT2D eigenvalue weighted by Gasteiger charge is -2.22. The minimum Gasteiger partial charge on any atom is -0.294 e. The third-order valence-electron chi connectivity index (χ3n) is 2.80. The summed E-state index contributed by atoms with van der Waals surface area (Å²) in [6.07, 6.45) is -4.05. The monoisotopic (exact) mass is 289 g/mol. The summed E-state index contributed by atoms with van der Waals surface area (Å²) >= 11 is 0. The number of amides is 1. The predicted molar refractivity (Wildman–Crippen MR) is 69.5 cm³/mol. The molecule has 0 heterocycles. The summed E-state index contributed by atoms with van der Waals surface area (Å²) in [6, 6.07) is 6.87. The molecule has 0 fully saturated rings. The lowest BCUT2D eigenvalue weighted by atomic mass is 10.1. The number of halogens is 3. The second kappa shape index (κ2) is 7.25. The van der Waals surface area contributed by atoms with Gasteiger partial charge in [0.1, 0.15) is 0 Å². The standard InChI is InChI=1S/C13H18F3N3O/c1-2-19(9-13(14,15)16)8-11-5-3-10(4-6-11)7-12(20)18-17/h3-6H,2,7-9,17H2,1H3,(H,18,20). The highest BCUT2D eigenvalue weighted by atomic mass is 19.4. The van der Waals surface area contributed by atoms with Crippen LogP contribution >= 0.6 is 0 Å². The summed E-state index contributed by atoms with van der Waals surface area (Å²) < 4.78 is 37.0. The van der Waals surface area contributed by atoms with Gasteiger partial charge in [0.25, 0.3) is 0 Å². The summed E-state index contributed by atoms with van der Waals surface area (Å²) in [4.78, 5) is 12.4. The fourth-order valence-electron chi connectivity index (χ4n) is 1.79. The van der Waals surface area contributed by atoms with E-state index in [1.54, 1.807) is 31.2 Å². The van der Waals surface area contributed by atoms with E-state index in [-0.39, 0.29) is 18.9 Å². The summed E-state index contributed by atoms with van der Waals surface area (Å²) in [7, 11) is 0. The fraction of sp³-hybridized carbons (Fsp3) is 0.462. The van der Waals surface area contributed by atoms with Crippen molar-refractivity contribution >= 4 is 5.91 Å². The normalized spacial score (nSPS) is 11.7. The number of benzene rings is 1. The molecule has 7 heteroatoms. The topological polar surface area (TPSA) is 58.4 Å². The number of carbonyl (C=O) groups is 1. The van der Waals surface area contributed by atoms with Crippen molar-refractivity contribution in [3.8, 4) is 0 Å². The maximum atomic E-state index is 12.3. The molecule has 0 aliphatic rings. The van der Waals surface area contributed by atoms with Gasteiger partial charge in [-0.05, 0) is 17.7 Å². The Morgan fingerprint density at radius 3 is 2.25 bits per heavy atom. The highest BCUT2D eigenvalue weighted by Crippen LogP contribution is 2.18. The number of hydrogen-bond donors (Lipinski definition) is 2. The first-order valence-electron chi connectivity index (χ1n) is 6.20. The molecule has 0 radical (unpaired) electrons. The van der Waals surface area contributed by atoms with E-state index in [4.69, 9.17) is 5.84 Å². The molecule has 0 aliphatic carbocycles. The molecule has 0 unspecified atom stereocenters. The second-order valence-corrected chi connectivity index (χ2v) is 4.48. The Morgan fingerprint density at radius 2 is 1.80 bits per heavy atom. The summed E-state index contributed by atoms with van der Waals surface area (Å²) in [5.41, 5.74) is 3.55. The molecule has 1 rings (SSSR count). The zero-order valence-electron chi connectivity index (χ0n) is 11.2. The Balaban J connectivity index is 2.61. The number of nitrogens with one attached hydrogen (secondary N) is 1. The molecule has 0 bridgehead atoms. The maximum absolute atomic E-state index is 12.3. The smallest absolute Gasteiger partial charge is 0.294 e. The van der Waals surface area contributed by atoms with Gasteiger partial charge in [-0.1, -0.05) is 31.2 Å². The third-order valence-corrected chi connectivity index (χ3v) is 2.80. The number of alkyl halides is 3. The van der Waals surface area contributed by atoms with E-state index in [2.05, 4.69) is 0 Å². The van der Waals surface area contributed by atoms with E-state index in [1.807, 2.05) is 5.43 Å². The van der Waals surface area contributed by atoms with Crippen LogP contribution in [0.3, 0.4) is 0 Å². The lowest BCUT2D eigenvalue weighted by molar-refractivity contribution is -0.146. The molecule has 0 atom stereocenters. The van der Waals surface area contributed by atoms with E-state index in [0.29, 0.717) is 6.54 Å². The predicted octanol–water partition coefficient (Wildman–Crippen LogP) is 1.60. The molecule has 1 aromatic rings. The number of hydrogen-bond acceptors (Lipinski definition) is 3. The summed E-state index contributed by atoms with van der Waals surface area (Å²) in [5.74, 6) is 4.66. The van der Waals surface area contributed by atoms with Gasteiger partial charge in [0, 0.05) is 6.54 Å². The van der Waals surface area contributed by atoms with Crippen LogP contribution in [0.5, 0.6) is 0 Å². The molecule has 20 heavy (non-hydrogen) atoms. The zero-order chi connectivity index (χ0) is 15.2. The van der Waals surface area contributed by atoms with Gasteiger partial charge in [-0.3, -0.25) is 15.1 Å². The van der Waals surface area contributed by atoms with Crippen LogP contribution in [-0.4, -0.2) is 30.1 Å². The Morgan fingerprint density at radius 1 is 1.25 bits per heavy atom. The molecule has 1 amide bonds. The van der Waals surface area contributed by atoms with Gasteiger partial charge in [0.2, 0.25) is 5.91 Å². The largest absolute Gasteiger partial charge is 0.401 e. The van der Waals surface area contributed by atoms with Crippen molar-refractivity contribution in [1.82, 2.24) is 10.3 Å². The van der Waals surface area contributed by atoms with Crippen molar-refractivity contribution in [3.05, 3.63) is 35.4 Å². The van der Waals surface area contributed by atoms with E-state index in [9.17, 15) is 18.0 Å². The lowest BCUT2D eigenvalue weighted by Crippen LogP contribution is -2.33. The second-order valence-electron chi connectivity index (χ2n) is 4.48. The fourth-order valence-corrected chi connectivity index (χ4v) is 1.79. The minimum absolute atomic E-state index is 0.150. The van der Waals surface area contributed by atoms with Gasteiger partial charge in [-0.2, -0.15) is 13.2 Å². The molecular formula is C13H18F3N3O. The molecule has 4 nitrogen and oxygen atoms in total. The quantitative estimate of drug-likeness (QED) is 0.475. The Labute approximate surface area is 115 Å². The van der Waals surface area contributed by atoms with Crippen molar-refractivity contribution < 1.29 is 18.0 Å². The zero-order valence-corrected chi connectivity index (χ0v) is 11.2. The summed E-state index contributed by atoms with van der Waals surface area (Å²) in [5, 5.41) is 0. The van der Waals surface area contributed by atoms with Gasteiger partial charge in [-0.15, -0.1) is 0 Å². The van der Waals surface area contributed by atoms with E-state index < -0.39 is 12.7 Å². The Kier molecular flexibility index (Phi) is 5.97. The maximum Gasteiger partial charge on any atom is 0.401 e. The molecule has 0 aliphatic heterocycles. The van der Waals surface area contributed by atoms with Gasteiger partial charge in [0.15, 0.2) is 0 Å². The number of carbonyl (C=O) groups excluding carboxylic acids is 1. The van der Waals surface area contributed by atoms with E-state index >= 15 is 0 Å². The average Bonchev–Trinajstić information content (AvgIpc) is 2.38. The van der Waals surface area contributed by atoms with Crippen LogP contribution in [0.25, 0.3) is 0 Å². The molecule has 0 saturated heterocycles. The highest BCUT2D eigenvalue weighted by molar-refractivity contribution is 5.77.